The van der Waals surface area contributed by atoms with Crippen molar-refractivity contribution in [3.8, 4) is 0 Å². The molecule has 3 rings (SSSR count). The van der Waals surface area contributed by atoms with Crippen LogP contribution in [0.1, 0.15) is 59.8 Å². The third kappa shape index (κ3) is 0.905. The van der Waals surface area contributed by atoms with Crippen LogP contribution >= 0.6 is 0 Å². The van der Waals surface area contributed by atoms with Crippen molar-refractivity contribution >= 4 is 0 Å². The van der Waals surface area contributed by atoms with Gasteiger partial charge in [-0.2, -0.15) is 0 Å². The average molecular weight is 204 g/mol. The van der Waals surface area contributed by atoms with E-state index in [0.717, 1.165) is 5.92 Å². The van der Waals surface area contributed by atoms with Gasteiger partial charge in [0.05, 0.1) is 0 Å². The van der Waals surface area contributed by atoms with Crippen molar-refractivity contribution in [3.05, 3.63) is 11.6 Å². The zero-order chi connectivity index (χ0) is 10.9. The smallest absolute Gasteiger partial charge is 0.00289 e. The predicted octanol–water partition coefficient (Wildman–Crippen LogP) is 4.56. The van der Waals surface area contributed by atoms with E-state index in [1.54, 1.807) is 5.57 Å². The van der Waals surface area contributed by atoms with Crippen molar-refractivity contribution in [2.75, 3.05) is 0 Å². The summed E-state index contributed by atoms with van der Waals surface area (Å²) < 4.78 is 0. The lowest BCUT2D eigenvalue weighted by Gasteiger charge is -2.45. The van der Waals surface area contributed by atoms with Crippen molar-refractivity contribution in [3.63, 3.8) is 0 Å². The van der Waals surface area contributed by atoms with Crippen LogP contribution in [0, 0.1) is 22.2 Å². The van der Waals surface area contributed by atoms with Crippen molar-refractivity contribution in [2.24, 2.45) is 22.2 Å². The lowest BCUT2D eigenvalue weighted by molar-refractivity contribution is 0.114. The highest BCUT2D eigenvalue weighted by atomic mass is 14.7. The van der Waals surface area contributed by atoms with E-state index in [-0.39, 0.29) is 0 Å². The third-order valence-electron chi connectivity index (χ3n) is 6.29. The minimum absolute atomic E-state index is 0.590. The van der Waals surface area contributed by atoms with E-state index in [1.807, 2.05) is 0 Å². The molecule has 0 radical (unpaired) electrons. The summed E-state index contributed by atoms with van der Waals surface area (Å²) >= 11 is 0. The molecule has 2 bridgehead atoms. The van der Waals surface area contributed by atoms with Gasteiger partial charge in [-0.05, 0) is 61.2 Å². The summed E-state index contributed by atoms with van der Waals surface area (Å²) in [5.41, 5.74) is 3.55. The molecule has 0 aliphatic heterocycles. The monoisotopic (exact) mass is 204 g/mol. The first-order valence-corrected chi connectivity index (χ1v) is 6.60. The Morgan fingerprint density at radius 2 is 1.93 bits per heavy atom. The predicted molar refractivity (Wildman–Crippen MR) is 64.7 cm³/mol. The molecule has 3 atom stereocenters. The van der Waals surface area contributed by atoms with Crippen LogP contribution < -0.4 is 0 Å². The second-order valence-electron chi connectivity index (χ2n) is 7.18. The summed E-state index contributed by atoms with van der Waals surface area (Å²) in [4.78, 5) is 0. The van der Waals surface area contributed by atoms with Gasteiger partial charge in [0.2, 0.25) is 0 Å². The van der Waals surface area contributed by atoms with Gasteiger partial charge >= 0.3 is 0 Å². The molecule has 0 amide bonds. The molecular formula is C15H24. The van der Waals surface area contributed by atoms with Crippen LogP contribution in [-0.4, -0.2) is 0 Å². The molecule has 84 valence electrons. The van der Waals surface area contributed by atoms with Gasteiger partial charge in [-0.15, -0.1) is 0 Å². The summed E-state index contributed by atoms with van der Waals surface area (Å²) in [5, 5.41) is 0. The Kier molecular flexibility index (Phi) is 1.67. The van der Waals surface area contributed by atoms with Gasteiger partial charge in [0.1, 0.15) is 0 Å². The first-order chi connectivity index (χ1) is 6.92. The second kappa shape index (κ2) is 2.52. The Balaban J connectivity index is 2.17. The highest BCUT2D eigenvalue weighted by Crippen LogP contribution is 2.76. The molecule has 0 aromatic rings. The van der Waals surface area contributed by atoms with E-state index in [0.29, 0.717) is 16.2 Å². The second-order valence-corrected chi connectivity index (χ2v) is 7.18. The van der Waals surface area contributed by atoms with Crippen LogP contribution in [-0.2, 0) is 0 Å². The SMILES string of the molecule is CC1=CCC[C@]2(C)C3CC[C@@]12CC3(C)C. The van der Waals surface area contributed by atoms with Crippen molar-refractivity contribution in [2.45, 2.75) is 59.8 Å². The molecule has 0 aromatic carbocycles. The average Bonchev–Trinajstić information content (AvgIpc) is 2.50. The number of rotatable bonds is 0. The zero-order valence-corrected chi connectivity index (χ0v) is 10.7. The molecule has 2 fully saturated rings. The van der Waals surface area contributed by atoms with E-state index in [4.69, 9.17) is 0 Å². The third-order valence-corrected chi connectivity index (χ3v) is 6.29. The molecule has 0 nitrogen and oxygen atoms in total. The zero-order valence-electron chi connectivity index (χ0n) is 10.7. The summed E-state index contributed by atoms with van der Waals surface area (Å²) in [6.07, 6.45) is 9.71. The molecule has 15 heavy (non-hydrogen) atoms. The van der Waals surface area contributed by atoms with Crippen LogP contribution in [0.15, 0.2) is 11.6 Å². The topological polar surface area (TPSA) is 0 Å². The minimum atomic E-state index is 0.590. The van der Waals surface area contributed by atoms with E-state index in [1.165, 1.54) is 32.1 Å². The quantitative estimate of drug-likeness (QED) is 0.507. The van der Waals surface area contributed by atoms with Gasteiger partial charge in [-0.3, -0.25) is 0 Å². The Bertz CT molecular complexity index is 336. The van der Waals surface area contributed by atoms with Gasteiger partial charge < -0.3 is 0 Å². The molecule has 0 N–H and O–H groups in total. The van der Waals surface area contributed by atoms with Crippen molar-refractivity contribution in [1.29, 1.82) is 0 Å². The lowest BCUT2D eigenvalue weighted by Crippen LogP contribution is -2.36. The van der Waals surface area contributed by atoms with Gasteiger partial charge in [0, 0.05) is 0 Å². The Morgan fingerprint density at radius 3 is 2.53 bits per heavy atom. The van der Waals surface area contributed by atoms with Crippen LogP contribution in [0.4, 0.5) is 0 Å². The molecular weight excluding hydrogens is 180 g/mol. The maximum atomic E-state index is 2.59. The summed E-state index contributed by atoms with van der Waals surface area (Å²) in [6, 6.07) is 0. The number of hydrogen-bond acceptors (Lipinski definition) is 0. The highest BCUT2D eigenvalue weighted by molar-refractivity contribution is 5.31. The highest BCUT2D eigenvalue weighted by Gasteiger charge is 2.68. The largest absolute Gasteiger partial charge is 0.0850 e. The van der Waals surface area contributed by atoms with Crippen LogP contribution in [0.25, 0.3) is 0 Å². The summed E-state index contributed by atoms with van der Waals surface area (Å²) in [5.74, 6) is 0.980. The standard InChI is InChI=1S/C15H24/c1-11-6-5-8-14(4)12-7-9-15(11,14)10-13(12,2)3/h6,12H,5,7-10H2,1-4H3/t12?,14-,15-/m1/s1. The molecule has 0 saturated heterocycles. The fourth-order valence-electron chi connectivity index (χ4n) is 5.76. The first-order valence-electron chi connectivity index (χ1n) is 6.60. The molecule has 3 aliphatic carbocycles. The minimum Gasteiger partial charge on any atom is -0.0850 e. The van der Waals surface area contributed by atoms with E-state index < -0.39 is 0 Å². The van der Waals surface area contributed by atoms with E-state index in [2.05, 4.69) is 33.8 Å². The molecule has 0 heterocycles. The van der Waals surface area contributed by atoms with Gasteiger partial charge in [0.15, 0.2) is 0 Å². The van der Waals surface area contributed by atoms with Gasteiger partial charge in [-0.25, -0.2) is 0 Å². The lowest BCUT2D eigenvalue weighted by atomic mass is 9.59. The molecule has 2 saturated carbocycles. The molecule has 0 aromatic heterocycles. The molecule has 1 unspecified atom stereocenters. The fraction of sp³-hybridized carbons (Fsp3) is 0.867. The first kappa shape index (κ1) is 9.93. The Morgan fingerprint density at radius 1 is 1.20 bits per heavy atom. The maximum absolute atomic E-state index is 2.59. The molecule has 0 heteroatoms. The van der Waals surface area contributed by atoms with E-state index in [9.17, 15) is 0 Å². The summed E-state index contributed by atoms with van der Waals surface area (Å²) in [6.45, 7) is 10.0. The van der Waals surface area contributed by atoms with E-state index >= 15 is 0 Å². The molecule has 0 spiro atoms. The Hall–Kier alpha value is -0.260. The summed E-state index contributed by atoms with van der Waals surface area (Å²) in [7, 11) is 0. The molecule has 3 aliphatic rings. The van der Waals surface area contributed by atoms with Crippen molar-refractivity contribution < 1.29 is 0 Å². The van der Waals surface area contributed by atoms with Gasteiger partial charge in [-0.1, -0.05) is 32.4 Å². The Labute approximate surface area is 94.1 Å². The normalized spacial score (nSPS) is 51.5. The number of allylic oxidation sites excluding steroid dienone is 2. The van der Waals surface area contributed by atoms with Crippen molar-refractivity contribution in [1.82, 2.24) is 0 Å². The van der Waals surface area contributed by atoms with Gasteiger partial charge in [0.25, 0.3) is 0 Å². The van der Waals surface area contributed by atoms with Crippen LogP contribution in [0.5, 0.6) is 0 Å². The van der Waals surface area contributed by atoms with Crippen LogP contribution in [0.3, 0.4) is 0 Å². The maximum Gasteiger partial charge on any atom is -0.00289 e. The number of hydrogen-bond donors (Lipinski definition) is 0. The van der Waals surface area contributed by atoms with Crippen LogP contribution in [0.2, 0.25) is 0 Å². The fourth-order valence-corrected chi connectivity index (χ4v) is 5.76.